The van der Waals surface area contributed by atoms with Crippen molar-refractivity contribution in [2.24, 2.45) is 5.92 Å². The molecule has 0 radical (unpaired) electrons. The van der Waals surface area contributed by atoms with Gasteiger partial charge in [0, 0.05) is 29.7 Å². The van der Waals surface area contributed by atoms with Gasteiger partial charge in [-0.25, -0.2) is 0 Å². The number of anilines is 1. The zero-order valence-electron chi connectivity index (χ0n) is 19.0. The molecule has 0 aliphatic carbocycles. The molecule has 1 fully saturated rings. The number of likely N-dealkylation sites (tertiary alicyclic amines) is 1. The van der Waals surface area contributed by atoms with E-state index in [9.17, 15) is 9.59 Å². The lowest BCUT2D eigenvalue weighted by atomic mass is 9.98. The number of carbonyl (C=O) groups excluding carboxylic acids is 2. The van der Waals surface area contributed by atoms with Gasteiger partial charge in [0.15, 0.2) is 0 Å². The molecule has 0 bridgehead atoms. The van der Waals surface area contributed by atoms with Crippen LogP contribution in [0.5, 0.6) is 0 Å². The highest BCUT2D eigenvalue weighted by atomic mass is 32.2. The minimum atomic E-state index is -0.0655. The summed E-state index contributed by atoms with van der Waals surface area (Å²) in [6, 6.07) is 16.0. The lowest BCUT2D eigenvalue weighted by Gasteiger charge is -2.35. The third-order valence-corrected chi connectivity index (χ3v) is 7.73. The lowest BCUT2D eigenvalue weighted by Crippen LogP contribution is -2.45. The van der Waals surface area contributed by atoms with Crippen molar-refractivity contribution in [2.75, 3.05) is 36.8 Å². The van der Waals surface area contributed by atoms with Crippen molar-refractivity contribution in [2.45, 2.75) is 44.0 Å². The Morgan fingerprint density at radius 2 is 1.78 bits per heavy atom. The van der Waals surface area contributed by atoms with Crippen LogP contribution < -0.4 is 10.2 Å². The first kappa shape index (κ1) is 22.9. The average Bonchev–Trinajstić information content (AvgIpc) is 3.26. The van der Waals surface area contributed by atoms with Crippen molar-refractivity contribution in [3.05, 3.63) is 59.7 Å². The number of piperidine rings is 1. The van der Waals surface area contributed by atoms with Crippen LogP contribution in [-0.4, -0.2) is 54.7 Å². The molecule has 1 saturated heterocycles. The predicted molar refractivity (Wildman–Crippen MR) is 131 cm³/mol. The molecule has 2 aliphatic heterocycles. The molecular formula is C26H33N3O2S. The van der Waals surface area contributed by atoms with Crippen molar-refractivity contribution in [1.29, 1.82) is 0 Å². The molecule has 32 heavy (non-hydrogen) atoms. The van der Waals surface area contributed by atoms with E-state index in [0.717, 1.165) is 42.6 Å². The van der Waals surface area contributed by atoms with Crippen molar-refractivity contribution in [1.82, 2.24) is 10.2 Å². The molecule has 2 aromatic rings. The van der Waals surface area contributed by atoms with Crippen LogP contribution in [0.1, 0.15) is 42.6 Å². The Kier molecular flexibility index (Phi) is 7.53. The molecule has 0 aromatic heterocycles. The minimum absolute atomic E-state index is 0.0655. The van der Waals surface area contributed by atoms with Gasteiger partial charge in [0.1, 0.15) is 0 Å². The smallest absolute Gasteiger partial charge is 0.252 e. The van der Waals surface area contributed by atoms with Crippen molar-refractivity contribution in [3.63, 3.8) is 0 Å². The Morgan fingerprint density at radius 3 is 2.59 bits per heavy atom. The van der Waals surface area contributed by atoms with Crippen LogP contribution in [0.3, 0.4) is 0 Å². The monoisotopic (exact) mass is 451 g/mol. The van der Waals surface area contributed by atoms with Crippen LogP contribution in [0.4, 0.5) is 5.69 Å². The quantitative estimate of drug-likeness (QED) is 0.641. The number of nitrogens with zero attached hydrogens (tertiary/aromatic N) is 2. The van der Waals surface area contributed by atoms with Gasteiger partial charge in [-0.15, -0.1) is 11.8 Å². The number of fused-ring (bicyclic) bond motifs is 1. The molecule has 4 rings (SSSR count). The number of rotatable bonds is 7. The van der Waals surface area contributed by atoms with Gasteiger partial charge in [-0.1, -0.05) is 37.3 Å². The predicted octanol–water partition coefficient (Wildman–Crippen LogP) is 4.22. The Morgan fingerprint density at radius 1 is 1.06 bits per heavy atom. The second-order valence-corrected chi connectivity index (χ2v) is 10.0. The summed E-state index contributed by atoms with van der Waals surface area (Å²) in [6.07, 6.45) is 3.36. The van der Waals surface area contributed by atoms with E-state index in [1.54, 1.807) is 0 Å². The second kappa shape index (κ2) is 10.5. The standard InChI is InChI=1S/C26H33N3O2S/c1-19-11-14-28(15-12-19)20(2)17-27-26(31)22-8-4-6-10-24(22)32-18-25(30)29-16-13-21-7-3-5-9-23(21)29/h3-10,19-20H,11-18H2,1-2H3,(H,27,31). The van der Waals surface area contributed by atoms with E-state index < -0.39 is 0 Å². The maximum absolute atomic E-state index is 12.9. The number of hydrogen-bond acceptors (Lipinski definition) is 4. The Labute approximate surface area is 195 Å². The fourth-order valence-corrected chi connectivity index (χ4v) is 5.45. The summed E-state index contributed by atoms with van der Waals surface area (Å²) in [6.45, 7) is 8.07. The van der Waals surface area contributed by atoms with Gasteiger partial charge in [-0.2, -0.15) is 0 Å². The zero-order chi connectivity index (χ0) is 22.5. The van der Waals surface area contributed by atoms with E-state index in [1.165, 1.54) is 30.2 Å². The highest BCUT2D eigenvalue weighted by Crippen LogP contribution is 2.29. The fraction of sp³-hybridized carbons (Fsp3) is 0.462. The normalized spacial score (nSPS) is 17.8. The SMILES string of the molecule is CC1CCN(C(C)CNC(=O)c2ccccc2SCC(=O)N2CCc3ccccc32)CC1. The number of hydrogen-bond donors (Lipinski definition) is 1. The Hall–Kier alpha value is -2.31. The summed E-state index contributed by atoms with van der Waals surface area (Å²) in [4.78, 5) is 31.0. The van der Waals surface area contributed by atoms with Gasteiger partial charge in [0.05, 0.1) is 11.3 Å². The van der Waals surface area contributed by atoms with E-state index in [-0.39, 0.29) is 11.8 Å². The summed E-state index contributed by atoms with van der Waals surface area (Å²) >= 11 is 1.45. The Bertz CT molecular complexity index is 956. The number of para-hydroxylation sites is 1. The summed E-state index contributed by atoms with van der Waals surface area (Å²) in [5.74, 6) is 1.14. The third-order valence-electron chi connectivity index (χ3n) is 6.67. The average molecular weight is 452 g/mol. The largest absolute Gasteiger partial charge is 0.350 e. The van der Waals surface area contributed by atoms with Crippen LogP contribution in [0.2, 0.25) is 0 Å². The molecule has 2 aliphatic rings. The molecule has 170 valence electrons. The molecule has 0 spiro atoms. The minimum Gasteiger partial charge on any atom is -0.350 e. The highest BCUT2D eigenvalue weighted by Gasteiger charge is 2.25. The van der Waals surface area contributed by atoms with E-state index in [4.69, 9.17) is 0 Å². The summed E-state index contributed by atoms with van der Waals surface area (Å²) < 4.78 is 0. The van der Waals surface area contributed by atoms with Gasteiger partial charge in [-0.3, -0.25) is 14.5 Å². The molecule has 1 N–H and O–H groups in total. The molecule has 6 heteroatoms. The first-order chi connectivity index (χ1) is 15.5. The summed E-state index contributed by atoms with van der Waals surface area (Å²) in [7, 11) is 0. The second-order valence-electron chi connectivity index (χ2n) is 8.99. The van der Waals surface area contributed by atoms with E-state index in [2.05, 4.69) is 30.1 Å². The fourth-order valence-electron chi connectivity index (χ4n) is 4.53. The lowest BCUT2D eigenvalue weighted by molar-refractivity contribution is -0.116. The van der Waals surface area contributed by atoms with Gasteiger partial charge in [0.2, 0.25) is 5.91 Å². The maximum atomic E-state index is 12.9. The van der Waals surface area contributed by atoms with Crippen LogP contribution in [0.15, 0.2) is 53.4 Å². The van der Waals surface area contributed by atoms with Crippen LogP contribution >= 0.6 is 11.8 Å². The summed E-state index contributed by atoms with van der Waals surface area (Å²) in [5, 5.41) is 3.11. The molecule has 2 amide bonds. The molecule has 0 saturated carbocycles. The van der Waals surface area contributed by atoms with Crippen molar-refractivity contribution in [3.8, 4) is 0 Å². The van der Waals surface area contributed by atoms with Crippen LogP contribution in [0, 0.1) is 5.92 Å². The van der Waals surface area contributed by atoms with Crippen molar-refractivity contribution >= 4 is 29.3 Å². The van der Waals surface area contributed by atoms with E-state index in [1.807, 2.05) is 47.4 Å². The number of benzene rings is 2. The first-order valence-corrected chi connectivity index (χ1v) is 12.6. The maximum Gasteiger partial charge on any atom is 0.252 e. The van der Waals surface area contributed by atoms with E-state index >= 15 is 0 Å². The van der Waals surface area contributed by atoms with E-state index in [0.29, 0.717) is 23.9 Å². The number of thioether (sulfide) groups is 1. The third kappa shape index (κ3) is 5.36. The molecule has 1 unspecified atom stereocenters. The number of amides is 2. The van der Waals surface area contributed by atoms with Crippen LogP contribution in [0.25, 0.3) is 0 Å². The number of carbonyl (C=O) groups is 2. The Balaban J connectivity index is 1.32. The topological polar surface area (TPSA) is 52.7 Å². The van der Waals surface area contributed by atoms with Gasteiger partial charge in [0.25, 0.3) is 5.91 Å². The molecule has 2 aromatic carbocycles. The zero-order valence-corrected chi connectivity index (χ0v) is 19.9. The first-order valence-electron chi connectivity index (χ1n) is 11.6. The summed E-state index contributed by atoms with van der Waals surface area (Å²) in [5.41, 5.74) is 2.89. The van der Waals surface area contributed by atoms with Gasteiger partial charge >= 0.3 is 0 Å². The molecule has 2 heterocycles. The van der Waals surface area contributed by atoms with Crippen LogP contribution in [-0.2, 0) is 11.2 Å². The molecule has 5 nitrogen and oxygen atoms in total. The van der Waals surface area contributed by atoms with Crippen molar-refractivity contribution < 1.29 is 9.59 Å². The van der Waals surface area contributed by atoms with Gasteiger partial charge < -0.3 is 10.2 Å². The molecule has 1 atom stereocenters. The number of nitrogens with one attached hydrogen (secondary N) is 1. The molecular weight excluding hydrogens is 418 g/mol. The highest BCUT2D eigenvalue weighted by molar-refractivity contribution is 8.00. The van der Waals surface area contributed by atoms with Gasteiger partial charge in [-0.05, 0) is 69.0 Å².